The summed E-state index contributed by atoms with van der Waals surface area (Å²) < 4.78 is 1.05. The van der Waals surface area contributed by atoms with Crippen LogP contribution in [0.15, 0.2) is 28.9 Å². The fourth-order valence-electron chi connectivity index (χ4n) is 1.11. The van der Waals surface area contributed by atoms with Crippen LogP contribution < -0.4 is 0 Å². The molecule has 0 atom stereocenters. The third kappa shape index (κ3) is 1.07. The van der Waals surface area contributed by atoms with Crippen LogP contribution >= 0.6 is 15.9 Å². The Hall–Kier alpha value is -0.760. The van der Waals surface area contributed by atoms with Crippen molar-refractivity contribution in [2.24, 2.45) is 0 Å². The van der Waals surface area contributed by atoms with Crippen molar-refractivity contribution in [3.63, 3.8) is 0 Å². The van der Waals surface area contributed by atoms with Gasteiger partial charge in [0.1, 0.15) is 0 Å². The summed E-state index contributed by atoms with van der Waals surface area (Å²) in [4.78, 5) is 3.07. The van der Waals surface area contributed by atoms with Crippen LogP contribution in [0, 0.1) is 6.92 Å². The van der Waals surface area contributed by atoms with E-state index in [0.29, 0.717) is 0 Å². The Morgan fingerprint density at radius 1 is 1.36 bits per heavy atom. The van der Waals surface area contributed by atoms with Crippen LogP contribution in [0.5, 0.6) is 0 Å². The molecule has 2 radical (unpaired) electrons. The van der Waals surface area contributed by atoms with Crippen LogP contribution in [0.3, 0.4) is 0 Å². The van der Waals surface area contributed by atoms with Crippen molar-refractivity contribution in [3.05, 3.63) is 41.4 Å². The predicted molar refractivity (Wildman–Crippen MR) is 49.4 cm³/mol. The van der Waals surface area contributed by atoms with E-state index in [1.807, 2.05) is 18.2 Å². The number of H-pyrrole nitrogens is 1. The van der Waals surface area contributed by atoms with Crippen molar-refractivity contribution >= 4 is 26.8 Å². The van der Waals surface area contributed by atoms with E-state index in [-0.39, 0.29) is 0 Å². The van der Waals surface area contributed by atoms with Crippen molar-refractivity contribution in [1.29, 1.82) is 0 Å². The Balaban J connectivity index is 2.87. The molecule has 0 amide bonds. The SMILES string of the molecule is [CH]c1c[nH]c2ccc(Br)cc12. The van der Waals surface area contributed by atoms with Gasteiger partial charge in [-0.3, -0.25) is 0 Å². The number of rotatable bonds is 0. The van der Waals surface area contributed by atoms with Crippen molar-refractivity contribution < 1.29 is 0 Å². The van der Waals surface area contributed by atoms with Gasteiger partial charge in [-0.1, -0.05) is 15.9 Å². The first-order valence-electron chi connectivity index (χ1n) is 3.29. The molecule has 2 heteroatoms. The van der Waals surface area contributed by atoms with Crippen LogP contribution in [0.2, 0.25) is 0 Å². The molecule has 0 bridgehead atoms. The molecule has 0 aliphatic heterocycles. The minimum atomic E-state index is 0.793. The maximum atomic E-state index is 5.69. The van der Waals surface area contributed by atoms with Gasteiger partial charge in [-0.15, -0.1) is 0 Å². The summed E-state index contributed by atoms with van der Waals surface area (Å²) >= 11 is 3.38. The van der Waals surface area contributed by atoms with Crippen molar-refractivity contribution in [1.82, 2.24) is 4.98 Å². The van der Waals surface area contributed by atoms with Gasteiger partial charge < -0.3 is 4.98 Å². The molecule has 0 saturated carbocycles. The van der Waals surface area contributed by atoms with Crippen LogP contribution in [0.4, 0.5) is 0 Å². The summed E-state index contributed by atoms with van der Waals surface area (Å²) in [5.41, 5.74) is 1.87. The van der Waals surface area contributed by atoms with E-state index in [9.17, 15) is 0 Å². The second-order valence-corrected chi connectivity index (χ2v) is 3.35. The van der Waals surface area contributed by atoms with Crippen LogP contribution in [-0.2, 0) is 0 Å². The first kappa shape index (κ1) is 6.92. The minimum absolute atomic E-state index is 0.793. The Morgan fingerprint density at radius 2 is 2.18 bits per heavy atom. The lowest BCUT2D eigenvalue weighted by atomic mass is 10.2. The largest absolute Gasteiger partial charge is 0.361 e. The van der Waals surface area contributed by atoms with Gasteiger partial charge >= 0.3 is 0 Å². The van der Waals surface area contributed by atoms with E-state index < -0.39 is 0 Å². The van der Waals surface area contributed by atoms with Crippen molar-refractivity contribution in [2.75, 3.05) is 0 Å². The molecule has 2 aromatic rings. The second-order valence-electron chi connectivity index (χ2n) is 2.43. The first-order chi connectivity index (χ1) is 5.27. The average Bonchev–Trinajstić information content (AvgIpc) is 2.33. The van der Waals surface area contributed by atoms with Gasteiger partial charge in [0.2, 0.25) is 0 Å². The predicted octanol–water partition coefficient (Wildman–Crippen LogP) is 2.99. The number of halogens is 1. The van der Waals surface area contributed by atoms with E-state index in [4.69, 9.17) is 6.92 Å². The summed E-state index contributed by atoms with van der Waals surface area (Å²) in [6, 6.07) is 5.98. The van der Waals surface area contributed by atoms with Crippen LogP contribution in [-0.4, -0.2) is 4.98 Å². The smallest absolute Gasteiger partial charge is 0.0457 e. The summed E-state index contributed by atoms with van der Waals surface area (Å²) in [5, 5.41) is 1.07. The number of benzene rings is 1. The first-order valence-corrected chi connectivity index (χ1v) is 4.09. The molecule has 11 heavy (non-hydrogen) atoms. The van der Waals surface area contributed by atoms with Crippen LogP contribution in [0.1, 0.15) is 5.56 Å². The zero-order valence-electron chi connectivity index (χ0n) is 5.76. The van der Waals surface area contributed by atoms with Crippen molar-refractivity contribution in [2.45, 2.75) is 0 Å². The second kappa shape index (κ2) is 2.38. The third-order valence-electron chi connectivity index (χ3n) is 1.68. The number of aromatic amines is 1. The highest BCUT2D eigenvalue weighted by Crippen LogP contribution is 2.21. The fraction of sp³-hybridized carbons (Fsp3) is 0. The van der Waals surface area contributed by atoms with E-state index >= 15 is 0 Å². The standard InChI is InChI=1S/C9H6BrN/c1-6-5-11-9-3-2-7(10)4-8(6)9/h1-5,11H. The third-order valence-corrected chi connectivity index (χ3v) is 2.17. The van der Waals surface area contributed by atoms with Gasteiger partial charge in [-0.05, 0) is 23.8 Å². The van der Waals surface area contributed by atoms with E-state index in [1.165, 1.54) is 0 Å². The monoisotopic (exact) mass is 207 g/mol. The maximum Gasteiger partial charge on any atom is 0.0457 e. The number of hydrogen-bond donors (Lipinski definition) is 1. The molecule has 0 unspecified atom stereocenters. The van der Waals surface area contributed by atoms with Gasteiger partial charge in [-0.25, -0.2) is 0 Å². The quantitative estimate of drug-likeness (QED) is 0.684. The molecule has 0 fully saturated rings. The lowest BCUT2D eigenvalue weighted by Gasteiger charge is -1.91. The summed E-state index contributed by atoms with van der Waals surface area (Å²) in [7, 11) is 0. The molecule has 1 aromatic carbocycles. The summed E-state index contributed by atoms with van der Waals surface area (Å²) in [6.07, 6.45) is 1.80. The Morgan fingerprint density at radius 3 is 3.00 bits per heavy atom. The fourth-order valence-corrected chi connectivity index (χ4v) is 1.48. The summed E-state index contributed by atoms with van der Waals surface area (Å²) in [5.74, 6) is 0. The molecule has 1 aromatic heterocycles. The number of aromatic nitrogens is 1. The van der Waals surface area contributed by atoms with Gasteiger partial charge in [0.05, 0.1) is 0 Å². The molecule has 54 valence electrons. The lowest BCUT2D eigenvalue weighted by molar-refractivity contribution is 1.46. The highest BCUT2D eigenvalue weighted by atomic mass is 79.9. The highest BCUT2D eigenvalue weighted by Gasteiger charge is 1.98. The maximum absolute atomic E-state index is 5.69. The van der Waals surface area contributed by atoms with Gasteiger partial charge in [0.25, 0.3) is 0 Å². The highest BCUT2D eigenvalue weighted by molar-refractivity contribution is 9.10. The molecule has 2 rings (SSSR count). The zero-order chi connectivity index (χ0) is 7.84. The molecule has 1 heterocycles. The Labute approximate surface area is 73.6 Å². The number of nitrogens with one attached hydrogen (secondary N) is 1. The van der Waals surface area contributed by atoms with E-state index in [2.05, 4.69) is 20.9 Å². The molecule has 0 aliphatic carbocycles. The van der Waals surface area contributed by atoms with E-state index in [0.717, 1.165) is 20.9 Å². The number of hydrogen-bond acceptors (Lipinski definition) is 0. The average molecular weight is 208 g/mol. The van der Waals surface area contributed by atoms with Gasteiger partial charge in [0.15, 0.2) is 0 Å². The molecular weight excluding hydrogens is 202 g/mol. The molecule has 0 spiro atoms. The molecule has 0 saturated heterocycles. The summed E-state index contributed by atoms with van der Waals surface area (Å²) in [6.45, 7) is 5.69. The molecule has 1 nitrogen and oxygen atoms in total. The van der Waals surface area contributed by atoms with E-state index in [1.54, 1.807) is 6.20 Å². The zero-order valence-corrected chi connectivity index (χ0v) is 7.35. The number of fused-ring (bicyclic) bond motifs is 1. The van der Waals surface area contributed by atoms with Gasteiger partial charge in [-0.2, -0.15) is 0 Å². The molecule has 1 N–H and O–H groups in total. The Bertz CT molecular complexity index is 389. The molecular formula is C9H6BrN. The normalized spacial score (nSPS) is 10.7. The van der Waals surface area contributed by atoms with Crippen molar-refractivity contribution in [3.8, 4) is 0 Å². The van der Waals surface area contributed by atoms with Crippen LogP contribution in [0.25, 0.3) is 10.9 Å². The minimum Gasteiger partial charge on any atom is -0.361 e. The lowest BCUT2D eigenvalue weighted by Crippen LogP contribution is -1.68. The van der Waals surface area contributed by atoms with Gasteiger partial charge in [0, 0.05) is 28.5 Å². The topological polar surface area (TPSA) is 15.8 Å². The Kier molecular flexibility index (Phi) is 1.50. The molecule has 0 aliphatic rings.